The van der Waals surface area contributed by atoms with Gasteiger partial charge in [-0.25, -0.2) is 0 Å². The van der Waals surface area contributed by atoms with Gasteiger partial charge in [-0.3, -0.25) is 0 Å². The summed E-state index contributed by atoms with van der Waals surface area (Å²) in [5, 5.41) is 3.77. The van der Waals surface area contributed by atoms with Gasteiger partial charge < -0.3 is 16.0 Å². The lowest BCUT2D eigenvalue weighted by Crippen LogP contribution is -2.58. The molecular formula is C13H27N3. The average molecular weight is 225 g/mol. The van der Waals surface area contributed by atoms with Crippen LogP contribution in [0.1, 0.15) is 33.1 Å². The number of piperidine rings is 1. The van der Waals surface area contributed by atoms with E-state index in [4.69, 9.17) is 5.73 Å². The zero-order valence-electron chi connectivity index (χ0n) is 10.8. The molecule has 2 aliphatic rings. The standard InChI is InChI=1S/C13H27N3/c1-3-16-6-4-13(10-14,5-7-16)15-9-12-8-11(12)2/h11-12,15H,3-10,14H2,1-2H3. The molecule has 0 amide bonds. The largest absolute Gasteiger partial charge is 0.329 e. The summed E-state index contributed by atoms with van der Waals surface area (Å²) >= 11 is 0. The predicted octanol–water partition coefficient (Wildman–Crippen LogP) is 1.05. The number of hydrogen-bond donors (Lipinski definition) is 2. The Labute approximate surface area is 99.8 Å². The van der Waals surface area contributed by atoms with E-state index in [0.717, 1.165) is 18.4 Å². The molecule has 1 saturated heterocycles. The van der Waals surface area contributed by atoms with Gasteiger partial charge in [-0.05, 0) is 57.3 Å². The van der Waals surface area contributed by atoms with E-state index in [9.17, 15) is 0 Å². The molecule has 1 aliphatic carbocycles. The quantitative estimate of drug-likeness (QED) is 0.735. The van der Waals surface area contributed by atoms with E-state index in [1.165, 1.54) is 45.4 Å². The zero-order valence-corrected chi connectivity index (χ0v) is 10.8. The highest BCUT2D eigenvalue weighted by molar-refractivity contribution is 4.96. The first-order valence-corrected chi connectivity index (χ1v) is 6.86. The summed E-state index contributed by atoms with van der Waals surface area (Å²) in [7, 11) is 0. The van der Waals surface area contributed by atoms with Gasteiger partial charge in [0, 0.05) is 12.1 Å². The molecule has 1 saturated carbocycles. The van der Waals surface area contributed by atoms with Crippen LogP contribution in [0.25, 0.3) is 0 Å². The molecule has 0 aromatic rings. The minimum Gasteiger partial charge on any atom is -0.329 e. The van der Waals surface area contributed by atoms with E-state index in [1.807, 2.05) is 0 Å². The van der Waals surface area contributed by atoms with Gasteiger partial charge in [0.2, 0.25) is 0 Å². The summed E-state index contributed by atoms with van der Waals surface area (Å²) in [5.74, 6) is 1.87. The first-order chi connectivity index (χ1) is 7.69. The molecule has 2 unspecified atom stereocenters. The minimum absolute atomic E-state index is 0.244. The molecule has 2 fully saturated rings. The third-order valence-electron chi connectivity index (χ3n) is 4.67. The average Bonchev–Trinajstić information content (AvgIpc) is 3.04. The Balaban J connectivity index is 1.78. The van der Waals surface area contributed by atoms with Crippen molar-refractivity contribution in [1.29, 1.82) is 0 Å². The molecule has 2 atom stereocenters. The minimum atomic E-state index is 0.244. The van der Waals surface area contributed by atoms with Gasteiger partial charge in [0.15, 0.2) is 0 Å². The lowest BCUT2D eigenvalue weighted by molar-refractivity contribution is 0.143. The predicted molar refractivity (Wildman–Crippen MR) is 68.4 cm³/mol. The number of likely N-dealkylation sites (tertiary alicyclic amines) is 1. The maximum atomic E-state index is 5.99. The van der Waals surface area contributed by atoms with Crippen LogP contribution in [0.2, 0.25) is 0 Å². The summed E-state index contributed by atoms with van der Waals surface area (Å²) < 4.78 is 0. The Bertz CT molecular complexity index is 221. The summed E-state index contributed by atoms with van der Waals surface area (Å²) in [5.41, 5.74) is 6.23. The third-order valence-corrected chi connectivity index (χ3v) is 4.67. The van der Waals surface area contributed by atoms with Gasteiger partial charge >= 0.3 is 0 Å². The number of nitrogens with two attached hydrogens (primary N) is 1. The molecule has 0 aromatic carbocycles. The molecule has 0 bridgehead atoms. The van der Waals surface area contributed by atoms with Crippen molar-refractivity contribution in [3.63, 3.8) is 0 Å². The second kappa shape index (κ2) is 5.03. The Morgan fingerprint density at radius 1 is 1.38 bits per heavy atom. The first kappa shape index (κ1) is 12.3. The second-order valence-electron chi connectivity index (χ2n) is 5.77. The van der Waals surface area contributed by atoms with E-state index >= 15 is 0 Å². The van der Waals surface area contributed by atoms with Crippen LogP contribution in [-0.4, -0.2) is 43.2 Å². The summed E-state index contributed by atoms with van der Waals surface area (Å²) in [4.78, 5) is 2.52. The number of nitrogens with one attached hydrogen (secondary N) is 1. The molecule has 1 aliphatic heterocycles. The van der Waals surface area contributed by atoms with Gasteiger partial charge in [-0.2, -0.15) is 0 Å². The van der Waals surface area contributed by atoms with Crippen molar-refractivity contribution in [3.05, 3.63) is 0 Å². The van der Waals surface area contributed by atoms with Crippen LogP contribution in [-0.2, 0) is 0 Å². The van der Waals surface area contributed by atoms with Crippen molar-refractivity contribution >= 4 is 0 Å². The fourth-order valence-electron chi connectivity index (χ4n) is 2.78. The Morgan fingerprint density at radius 3 is 2.44 bits per heavy atom. The molecule has 0 radical (unpaired) electrons. The number of nitrogens with zero attached hydrogens (tertiary/aromatic N) is 1. The van der Waals surface area contributed by atoms with Crippen LogP contribution in [0, 0.1) is 11.8 Å². The topological polar surface area (TPSA) is 41.3 Å². The smallest absolute Gasteiger partial charge is 0.0328 e. The van der Waals surface area contributed by atoms with Gasteiger partial charge in [0.25, 0.3) is 0 Å². The Morgan fingerprint density at radius 2 is 2.00 bits per heavy atom. The van der Waals surface area contributed by atoms with Crippen molar-refractivity contribution in [1.82, 2.24) is 10.2 Å². The molecule has 16 heavy (non-hydrogen) atoms. The molecular weight excluding hydrogens is 198 g/mol. The van der Waals surface area contributed by atoms with Crippen LogP contribution in [0.15, 0.2) is 0 Å². The number of rotatable bonds is 5. The molecule has 3 nitrogen and oxygen atoms in total. The fraction of sp³-hybridized carbons (Fsp3) is 1.00. The van der Waals surface area contributed by atoms with Gasteiger partial charge in [0.1, 0.15) is 0 Å². The van der Waals surface area contributed by atoms with Crippen molar-refractivity contribution in [2.24, 2.45) is 17.6 Å². The summed E-state index contributed by atoms with van der Waals surface area (Å²) in [6.45, 7) is 10.2. The number of hydrogen-bond acceptors (Lipinski definition) is 3. The van der Waals surface area contributed by atoms with Crippen molar-refractivity contribution in [2.45, 2.75) is 38.6 Å². The highest BCUT2D eigenvalue weighted by Gasteiger charge is 2.37. The van der Waals surface area contributed by atoms with Gasteiger partial charge in [-0.1, -0.05) is 13.8 Å². The van der Waals surface area contributed by atoms with E-state index in [0.29, 0.717) is 0 Å². The monoisotopic (exact) mass is 225 g/mol. The van der Waals surface area contributed by atoms with Crippen molar-refractivity contribution < 1.29 is 0 Å². The molecule has 0 aromatic heterocycles. The van der Waals surface area contributed by atoms with Crippen LogP contribution in [0.4, 0.5) is 0 Å². The van der Waals surface area contributed by atoms with Crippen LogP contribution < -0.4 is 11.1 Å². The van der Waals surface area contributed by atoms with Crippen LogP contribution in [0.3, 0.4) is 0 Å². The van der Waals surface area contributed by atoms with Crippen molar-refractivity contribution in [3.8, 4) is 0 Å². The van der Waals surface area contributed by atoms with Crippen LogP contribution >= 0.6 is 0 Å². The van der Waals surface area contributed by atoms with Crippen LogP contribution in [0.5, 0.6) is 0 Å². The molecule has 0 spiro atoms. The normalized spacial score (nSPS) is 33.9. The SMILES string of the molecule is CCN1CCC(CN)(NCC2CC2C)CC1. The van der Waals surface area contributed by atoms with E-state index < -0.39 is 0 Å². The molecule has 1 heterocycles. The maximum Gasteiger partial charge on any atom is 0.0328 e. The highest BCUT2D eigenvalue weighted by atomic mass is 15.2. The maximum absolute atomic E-state index is 5.99. The lowest BCUT2D eigenvalue weighted by Gasteiger charge is -2.41. The van der Waals surface area contributed by atoms with E-state index in [2.05, 4.69) is 24.1 Å². The second-order valence-corrected chi connectivity index (χ2v) is 5.77. The summed E-state index contributed by atoms with van der Waals surface area (Å²) in [6.07, 6.45) is 3.85. The fourth-order valence-corrected chi connectivity index (χ4v) is 2.78. The lowest BCUT2D eigenvalue weighted by atomic mass is 9.87. The molecule has 2 rings (SSSR count). The van der Waals surface area contributed by atoms with Crippen molar-refractivity contribution in [2.75, 3.05) is 32.7 Å². The first-order valence-electron chi connectivity index (χ1n) is 6.86. The van der Waals surface area contributed by atoms with Gasteiger partial charge in [-0.15, -0.1) is 0 Å². The highest BCUT2D eigenvalue weighted by Crippen LogP contribution is 2.37. The molecule has 94 valence electrons. The third kappa shape index (κ3) is 2.76. The molecule has 3 heteroatoms. The van der Waals surface area contributed by atoms with E-state index in [1.54, 1.807) is 0 Å². The summed E-state index contributed by atoms with van der Waals surface area (Å²) in [6, 6.07) is 0. The Hall–Kier alpha value is -0.120. The van der Waals surface area contributed by atoms with E-state index in [-0.39, 0.29) is 5.54 Å². The van der Waals surface area contributed by atoms with Gasteiger partial charge in [0.05, 0.1) is 0 Å². The molecule has 3 N–H and O–H groups in total. The Kier molecular flexibility index (Phi) is 3.88. The zero-order chi connectivity index (χ0) is 11.6.